The van der Waals surface area contributed by atoms with Crippen LogP contribution in [0.5, 0.6) is 0 Å². The number of nitrogens with one attached hydrogen (secondary N) is 2. The van der Waals surface area contributed by atoms with E-state index < -0.39 is 6.09 Å². The molecule has 25 heavy (non-hydrogen) atoms. The number of benzene rings is 1. The number of hydrogen-bond acceptors (Lipinski definition) is 2. The molecule has 1 amide bonds. The molecule has 0 spiro atoms. The molecule has 1 aromatic carbocycles. The predicted molar refractivity (Wildman–Crippen MR) is 102 cm³/mol. The van der Waals surface area contributed by atoms with Gasteiger partial charge in [0.15, 0.2) is 0 Å². The molecule has 1 aromatic rings. The molecule has 3 N–H and O–H groups in total. The van der Waals surface area contributed by atoms with Crippen LogP contribution in [0.15, 0.2) is 35.9 Å². The third-order valence-corrected chi connectivity index (χ3v) is 5.67. The normalized spacial score (nSPS) is 29.2. The fraction of sp³-hybridized carbons (Fsp3) is 0.571. The largest absolute Gasteiger partial charge is 0.465 e. The quantitative estimate of drug-likeness (QED) is 0.693. The highest BCUT2D eigenvalue weighted by atomic mass is 16.4. The van der Waals surface area contributed by atoms with Gasteiger partial charge in [-0.15, -0.1) is 0 Å². The minimum absolute atomic E-state index is 0.155. The van der Waals surface area contributed by atoms with Gasteiger partial charge in [-0.1, -0.05) is 48.9 Å². The summed E-state index contributed by atoms with van der Waals surface area (Å²) in [6.45, 7) is 3.32. The lowest BCUT2D eigenvalue weighted by molar-refractivity contribution is 0.182. The number of hydrogen-bond donors (Lipinski definition) is 3. The van der Waals surface area contributed by atoms with Crippen molar-refractivity contribution in [3.05, 3.63) is 41.5 Å². The third-order valence-electron chi connectivity index (χ3n) is 5.67. The van der Waals surface area contributed by atoms with Gasteiger partial charge in [-0.3, -0.25) is 0 Å². The first-order chi connectivity index (χ1) is 12.2. The van der Waals surface area contributed by atoms with Gasteiger partial charge in [0.25, 0.3) is 0 Å². The Balaban J connectivity index is 1.41. The van der Waals surface area contributed by atoms with Crippen molar-refractivity contribution in [1.82, 2.24) is 10.6 Å². The Hall–Kier alpha value is -1.81. The molecule has 2 atom stereocenters. The molecular weight excluding hydrogens is 312 g/mol. The van der Waals surface area contributed by atoms with Gasteiger partial charge in [0, 0.05) is 12.1 Å². The maximum atomic E-state index is 10.7. The molecule has 3 rings (SSSR count). The molecule has 0 radical (unpaired) electrons. The summed E-state index contributed by atoms with van der Waals surface area (Å²) in [4.78, 5) is 10.7. The average Bonchev–Trinajstić information content (AvgIpc) is 3.39. The topological polar surface area (TPSA) is 61.4 Å². The molecule has 2 unspecified atom stereocenters. The van der Waals surface area contributed by atoms with Crippen LogP contribution in [-0.2, 0) is 0 Å². The van der Waals surface area contributed by atoms with Gasteiger partial charge in [0.2, 0.25) is 0 Å². The van der Waals surface area contributed by atoms with Gasteiger partial charge in [-0.25, -0.2) is 4.79 Å². The van der Waals surface area contributed by atoms with Gasteiger partial charge in [-0.05, 0) is 62.5 Å². The molecule has 0 bridgehead atoms. The lowest BCUT2D eigenvalue weighted by atomic mass is 9.86. The summed E-state index contributed by atoms with van der Waals surface area (Å²) in [5.41, 5.74) is 2.85. The molecule has 0 saturated heterocycles. The van der Waals surface area contributed by atoms with Crippen molar-refractivity contribution in [2.75, 3.05) is 6.54 Å². The van der Waals surface area contributed by atoms with E-state index >= 15 is 0 Å². The van der Waals surface area contributed by atoms with E-state index in [4.69, 9.17) is 5.11 Å². The zero-order chi connectivity index (χ0) is 17.6. The summed E-state index contributed by atoms with van der Waals surface area (Å²) in [5.74, 6) is 1.38. The van der Waals surface area contributed by atoms with Crippen molar-refractivity contribution in [2.24, 2.45) is 11.8 Å². The maximum absolute atomic E-state index is 10.7. The van der Waals surface area contributed by atoms with E-state index in [1.54, 1.807) is 5.57 Å². The molecule has 2 aliphatic carbocycles. The summed E-state index contributed by atoms with van der Waals surface area (Å²) < 4.78 is 0. The second kappa shape index (κ2) is 8.52. The van der Waals surface area contributed by atoms with Crippen LogP contribution in [0.1, 0.15) is 51.0 Å². The first-order valence-corrected chi connectivity index (χ1v) is 9.64. The minimum Gasteiger partial charge on any atom is -0.465 e. The van der Waals surface area contributed by atoms with Crippen molar-refractivity contribution < 1.29 is 9.90 Å². The zero-order valence-corrected chi connectivity index (χ0v) is 15.1. The van der Waals surface area contributed by atoms with Crippen LogP contribution in [0.4, 0.5) is 4.79 Å². The average molecular weight is 342 g/mol. The van der Waals surface area contributed by atoms with Crippen LogP contribution in [0.3, 0.4) is 0 Å². The third kappa shape index (κ3) is 5.33. The van der Waals surface area contributed by atoms with E-state index in [1.165, 1.54) is 12.0 Å². The van der Waals surface area contributed by atoms with E-state index in [9.17, 15) is 4.79 Å². The van der Waals surface area contributed by atoms with Gasteiger partial charge < -0.3 is 15.7 Å². The van der Waals surface area contributed by atoms with Crippen LogP contribution in [0.25, 0.3) is 6.08 Å². The van der Waals surface area contributed by atoms with Crippen molar-refractivity contribution in [2.45, 2.75) is 57.5 Å². The number of carboxylic acid groups (broad SMARTS) is 1. The fourth-order valence-electron chi connectivity index (χ4n) is 4.07. The maximum Gasteiger partial charge on any atom is 0.404 e. The molecular formula is C21H30N2O2. The zero-order valence-electron chi connectivity index (χ0n) is 15.1. The summed E-state index contributed by atoms with van der Waals surface area (Å²) in [6, 6.07) is 11.4. The van der Waals surface area contributed by atoms with E-state index in [0.717, 1.165) is 38.6 Å². The summed E-state index contributed by atoms with van der Waals surface area (Å²) in [7, 11) is 0. The van der Waals surface area contributed by atoms with Crippen LogP contribution in [-0.4, -0.2) is 29.8 Å². The lowest BCUT2D eigenvalue weighted by Crippen LogP contribution is -2.38. The Morgan fingerprint density at radius 2 is 1.92 bits per heavy atom. The second-order valence-electron chi connectivity index (χ2n) is 7.51. The molecule has 0 aromatic heterocycles. The Morgan fingerprint density at radius 1 is 1.20 bits per heavy atom. The minimum atomic E-state index is -0.889. The Bertz CT molecular complexity index is 591. The molecule has 136 valence electrons. The highest BCUT2D eigenvalue weighted by molar-refractivity contribution is 5.64. The van der Waals surface area contributed by atoms with Crippen molar-refractivity contribution in [3.8, 4) is 0 Å². The van der Waals surface area contributed by atoms with Crippen LogP contribution >= 0.6 is 0 Å². The Kier molecular flexibility index (Phi) is 6.14. The van der Waals surface area contributed by atoms with E-state index in [0.29, 0.717) is 17.9 Å². The molecule has 2 saturated carbocycles. The van der Waals surface area contributed by atoms with E-state index in [1.807, 2.05) is 0 Å². The summed E-state index contributed by atoms with van der Waals surface area (Å²) in [5, 5.41) is 15.2. The van der Waals surface area contributed by atoms with Gasteiger partial charge in [0.1, 0.15) is 0 Å². The molecule has 2 fully saturated rings. The number of amides is 1. The monoisotopic (exact) mass is 342 g/mol. The smallest absolute Gasteiger partial charge is 0.404 e. The molecule has 4 heteroatoms. The van der Waals surface area contributed by atoms with Gasteiger partial charge in [-0.2, -0.15) is 0 Å². The lowest BCUT2D eigenvalue weighted by Gasteiger charge is -2.28. The SMILES string of the molecule is CC/C(=C\c1ccccc1)C1CC1NC[C@H]1CC[C@H](NC(=O)O)CC1. The Morgan fingerprint density at radius 3 is 2.56 bits per heavy atom. The van der Waals surface area contributed by atoms with Crippen LogP contribution in [0.2, 0.25) is 0 Å². The summed E-state index contributed by atoms with van der Waals surface area (Å²) >= 11 is 0. The second-order valence-corrected chi connectivity index (χ2v) is 7.51. The molecule has 0 aliphatic heterocycles. The Labute approximate surface area is 150 Å². The first-order valence-electron chi connectivity index (χ1n) is 9.64. The van der Waals surface area contributed by atoms with Crippen LogP contribution in [0, 0.1) is 11.8 Å². The number of carbonyl (C=O) groups is 1. The molecule has 2 aliphatic rings. The molecule has 0 heterocycles. The first kappa shape index (κ1) is 18.0. The van der Waals surface area contributed by atoms with Crippen LogP contribution < -0.4 is 10.6 Å². The van der Waals surface area contributed by atoms with E-state index in [-0.39, 0.29) is 6.04 Å². The fourth-order valence-corrected chi connectivity index (χ4v) is 4.07. The van der Waals surface area contributed by atoms with Gasteiger partial charge >= 0.3 is 6.09 Å². The summed E-state index contributed by atoms with van der Waals surface area (Å²) in [6.07, 6.45) is 8.02. The standard InChI is InChI=1S/C21H30N2O2/c1-2-17(12-15-6-4-3-5-7-15)19-13-20(19)22-14-16-8-10-18(11-9-16)23-21(24)25/h3-7,12,16,18-20,22-23H,2,8-11,13-14H2,1H3,(H,24,25)/b17-12+/t16-,18-,19?,20?. The van der Waals surface area contributed by atoms with E-state index in [2.05, 4.69) is 54.0 Å². The van der Waals surface area contributed by atoms with Crippen molar-refractivity contribution in [1.29, 1.82) is 0 Å². The number of rotatable bonds is 7. The predicted octanol–water partition coefficient (Wildman–Crippen LogP) is 4.28. The highest BCUT2D eigenvalue weighted by Crippen LogP contribution is 2.40. The molecule has 4 nitrogen and oxygen atoms in total. The van der Waals surface area contributed by atoms with Crippen molar-refractivity contribution in [3.63, 3.8) is 0 Å². The van der Waals surface area contributed by atoms with Gasteiger partial charge in [0.05, 0.1) is 0 Å². The highest BCUT2D eigenvalue weighted by Gasteiger charge is 2.39. The van der Waals surface area contributed by atoms with Crippen molar-refractivity contribution >= 4 is 12.2 Å².